The van der Waals surface area contributed by atoms with Gasteiger partial charge in [0, 0.05) is 21.7 Å². The van der Waals surface area contributed by atoms with Crippen LogP contribution in [0.15, 0.2) is 0 Å². The number of alkyl halides is 6. The lowest BCUT2D eigenvalue weighted by Crippen LogP contribution is -2.11. The number of halogens is 6. The SMILES string of the molecule is CP(CP(C)C(F)(F)F)C(F)(F)F. The Bertz CT molecular complexity index is 143. The molecule has 0 amide bonds. The normalized spacial score (nSPS) is 18.5. The molecule has 0 aliphatic rings. The third kappa shape index (κ3) is 5.02. The summed E-state index contributed by atoms with van der Waals surface area (Å²) >= 11 is 0. The standard InChI is InChI=1S/C5H8F6P2/c1-12(4(6,7)8)3-13(2)5(9,10)11/h3H2,1-2H3. The molecule has 8 heteroatoms. The molecule has 0 saturated heterocycles. The van der Waals surface area contributed by atoms with E-state index >= 15 is 0 Å². The van der Waals surface area contributed by atoms with Crippen LogP contribution in [-0.4, -0.2) is 31.1 Å². The molecule has 2 atom stereocenters. The second kappa shape index (κ2) is 4.31. The summed E-state index contributed by atoms with van der Waals surface area (Å²) in [4.78, 5) is 0. The van der Waals surface area contributed by atoms with E-state index in [0.717, 1.165) is 13.3 Å². The van der Waals surface area contributed by atoms with E-state index in [4.69, 9.17) is 0 Å². The van der Waals surface area contributed by atoms with Gasteiger partial charge in [-0.25, -0.2) is 0 Å². The molecular formula is C5H8F6P2. The van der Waals surface area contributed by atoms with Crippen molar-refractivity contribution in [2.24, 2.45) is 0 Å². The molecule has 0 radical (unpaired) electrons. The average Bonchev–Trinajstić information content (AvgIpc) is 1.82. The lowest BCUT2D eigenvalue weighted by atomic mass is 11.5. The molecule has 0 saturated carbocycles. The maximum atomic E-state index is 11.9. The zero-order valence-electron chi connectivity index (χ0n) is 6.87. The van der Waals surface area contributed by atoms with Crippen LogP contribution in [0, 0.1) is 0 Å². The van der Waals surface area contributed by atoms with Crippen molar-refractivity contribution in [1.82, 2.24) is 0 Å². The van der Waals surface area contributed by atoms with Gasteiger partial charge in [0.05, 0.1) is 0 Å². The molecule has 0 aliphatic carbocycles. The highest BCUT2D eigenvalue weighted by atomic mass is 31.2. The van der Waals surface area contributed by atoms with E-state index in [-0.39, 0.29) is 0 Å². The molecule has 0 aromatic carbocycles. The van der Waals surface area contributed by atoms with Crippen molar-refractivity contribution in [2.45, 2.75) is 11.8 Å². The topological polar surface area (TPSA) is 0 Å². The van der Waals surface area contributed by atoms with Gasteiger partial charge in [-0.2, -0.15) is 26.3 Å². The summed E-state index contributed by atoms with van der Waals surface area (Å²) in [6, 6.07) is 0. The van der Waals surface area contributed by atoms with Crippen molar-refractivity contribution >= 4 is 15.8 Å². The quantitative estimate of drug-likeness (QED) is 0.504. The van der Waals surface area contributed by atoms with E-state index in [1.165, 1.54) is 0 Å². The molecule has 13 heavy (non-hydrogen) atoms. The summed E-state index contributed by atoms with van der Waals surface area (Å²) in [6.45, 7) is 1.67. The smallest absolute Gasteiger partial charge is 0.167 e. The largest absolute Gasteiger partial charge is 0.405 e. The second-order valence-corrected chi connectivity index (χ2v) is 7.41. The van der Waals surface area contributed by atoms with Gasteiger partial charge in [-0.05, 0) is 13.3 Å². The fraction of sp³-hybridized carbons (Fsp3) is 1.00. The van der Waals surface area contributed by atoms with Crippen LogP contribution in [0.2, 0.25) is 0 Å². The van der Waals surface area contributed by atoms with E-state index in [1.54, 1.807) is 0 Å². The van der Waals surface area contributed by atoms with Crippen LogP contribution in [0.25, 0.3) is 0 Å². The zero-order chi connectivity index (χ0) is 10.9. The molecule has 2 unspecified atom stereocenters. The van der Waals surface area contributed by atoms with Crippen LogP contribution in [0.3, 0.4) is 0 Å². The third-order valence-electron chi connectivity index (χ3n) is 1.29. The maximum Gasteiger partial charge on any atom is 0.405 e. The molecule has 0 bridgehead atoms. The van der Waals surface area contributed by atoms with E-state index in [2.05, 4.69) is 0 Å². The van der Waals surface area contributed by atoms with Crippen molar-refractivity contribution in [2.75, 3.05) is 19.2 Å². The van der Waals surface area contributed by atoms with Crippen LogP contribution in [-0.2, 0) is 0 Å². The van der Waals surface area contributed by atoms with Crippen molar-refractivity contribution in [1.29, 1.82) is 0 Å². The summed E-state index contributed by atoms with van der Waals surface area (Å²) in [6.07, 6.45) is 0. The van der Waals surface area contributed by atoms with E-state index in [1.807, 2.05) is 0 Å². The van der Waals surface area contributed by atoms with Gasteiger partial charge in [0.2, 0.25) is 0 Å². The molecule has 0 rings (SSSR count). The predicted molar refractivity (Wildman–Crippen MR) is 42.7 cm³/mol. The Balaban J connectivity index is 4.15. The highest BCUT2D eigenvalue weighted by molar-refractivity contribution is 7.74. The van der Waals surface area contributed by atoms with Crippen LogP contribution in [0.4, 0.5) is 26.3 Å². The van der Waals surface area contributed by atoms with Gasteiger partial charge in [0.1, 0.15) is 0 Å². The predicted octanol–water partition coefficient (Wildman–Crippen LogP) is 4.21. The monoisotopic (exact) mass is 244 g/mol. The Labute approximate surface area is 74.2 Å². The number of hydrogen-bond acceptors (Lipinski definition) is 0. The first-order valence-corrected chi connectivity index (χ1v) is 7.06. The van der Waals surface area contributed by atoms with Crippen molar-refractivity contribution < 1.29 is 26.3 Å². The van der Waals surface area contributed by atoms with E-state index < -0.39 is 33.6 Å². The third-order valence-corrected chi connectivity index (χ3v) is 6.42. The van der Waals surface area contributed by atoms with E-state index in [0.29, 0.717) is 0 Å². The molecule has 80 valence electrons. The van der Waals surface area contributed by atoms with Crippen molar-refractivity contribution in [3.8, 4) is 0 Å². The fourth-order valence-electron chi connectivity index (χ4n) is 0.479. The van der Waals surface area contributed by atoms with Gasteiger partial charge in [-0.15, -0.1) is 0 Å². The highest BCUT2D eigenvalue weighted by Gasteiger charge is 2.43. The van der Waals surface area contributed by atoms with Gasteiger partial charge in [-0.3, -0.25) is 0 Å². The number of rotatable bonds is 2. The summed E-state index contributed by atoms with van der Waals surface area (Å²) in [5.74, 6) is -9.70. The van der Waals surface area contributed by atoms with Crippen molar-refractivity contribution in [3.63, 3.8) is 0 Å². The first-order chi connectivity index (χ1) is 5.55. The molecule has 0 fully saturated rings. The Morgan fingerprint density at radius 3 is 1.15 bits per heavy atom. The molecule has 0 nitrogen and oxygen atoms in total. The molecule has 0 aromatic rings. The maximum absolute atomic E-state index is 11.9. The summed E-state index contributed by atoms with van der Waals surface area (Å²) < 4.78 is 71.2. The lowest BCUT2D eigenvalue weighted by molar-refractivity contribution is -0.0413. The van der Waals surface area contributed by atoms with Gasteiger partial charge in [0.15, 0.2) is 0 Å². The van der Waals surface area contributed by atoms with Gasteiger partial charge >= 0.3 is 11.8 Å². The first-order valence-electron chi connectivity index (χ1n) is 3.11. The second-order valence-electron chi connectivity index (χ2n) is 2.47. The lowest BCUT2D eigenvalue weighted by Gasteiger charge is -2.21. The van der Waals surface area contributed by atoms with Crippen LogP contribution in [0.5, 0.6) is 0 Å². The molecule has 0 aromatic heterocycles. The Kier molecular flexibility index (Phi) is 4.45. The Morgan fingerprint density at radius 2 is 1.00 bits per heavy atom. The molecule has 0 N–H and O–H groups in total. The molecular weight excluding hydrogens is 236 g/mol. The summed E-state index contributed by atoms with van der Waals surface area (Å²) in [7, 11) is -5.03. The fourth-order valence-corrected chi connectivity index (χ4v) is 4.31. The van der Waals surface area contributed by atoms with Crippen LogP contribution < -0.4 is 0 Å². The minimum atomic E-state index is -4.46. The van der Waals surface area contributed by atoms with Gasteiger partial charge in [0.25, 0.3) is 0 Å². The average molecular weight is 244 g/mol. The summed E-state index contributed by atoms with van der Waals surface area (Å²) in [5.41, 5.74) is 0. The molecule has 0 aliphatic heterocycles. The van der Waals surface area contributed by atoms with Crippen LogP contribution >= 0.6 is 15.8 Å². The van der Waals surface area contributed by atoms with Crippen LogP contribution in [0.1, 0.15) is 0 Å². The summed E-state index contributed by atoms with van der Waals surface area (Å²) in [5, 5.41) is 0. The Hall–Kier alpha value is 0.440. The first kappa shape index (κ1) is 13.4. The highest BCUT2D eigenvalue weighted by Crippen LogP contribution is 2.62. The zero-order valence-corrected chi connectivity index (χ0v) is 8.66. The van der Waals surface area contributed by atoms with Gasteiger partial charge < -0.3 is 0 Å². The molecule has 0 spiro atoms. The van der Waals surface area contributed by atoms with E-state index in [9.17, 15) is 26.3 Å². The molecule has 0 heterocycles. The minimum absolute atomic E-state index is 0.780. The van der Waals surface area contributed by atoms with Gasteiger partial charge in [-0.1, -0.05) is 0 Å². The number of hydrogen-bond donors (Lipinski definition) is 0. The van der Waals surface area contributed by atoms with Crippen molar-refractivity contribution in [3.05, 3.63) is 0 Å². The Morgan fingerprint density at radius 1 is 0.769 bits per heavy atom. The minimum Gasteiger partial charge on any atom is -0.167 e.